The average Bonchev–Trinajstić information content (AvgIpc) is 2.47. The van der Waals surface area contributed by atoms with Crippen molar-refractivity contribution < 1.29 is 0 Å². The molecule has 0 saturated heterocycles. The van der Waals surface area contributed by atoms with Crippen LogP contribution in [-0.2, 0) is 0 Å². The first-order valence-electron chi connectivity index (χ1n) is 8.44. The maximum absolute atomic E-state index is 3.72. The highest BCUT2D eigenvalue weighted by Gasteiger charge is 2.32. The molecule has 1 nitrogen and oxygen atoms in total. The predicted octanol–water partition coefficient (Wildman–Crippen LogP) is 5.37. The van der Waals surface area contributed by atoms with E-state index in [1.165, 1.54) is 70.8 Å². The van der Waals surface area contributed by atoms with Crippen LogP contribution in [0.15, 0.2) is 0 Å². The van der Waals surface area contributed by atoms with Gasteiger partial charge in [-0.2, -0.15) is 0 Å². The molecule has 112 valence electrons. The molecule has 0 heterocycles. The van der Waals surface area contributed by atoms with Gasteiger partial charge in [-0.15, -0.1) is 0 Å². The first kappa shape index (κ1) is 15.8. The monoisotopic (exact) mass is 329 g/mol. The Hall–Kier alpha value is 0.440. The summed E-state index contributed by atoms with van der Waals surface area (Å²) >= 11 is 3.72. The Morgan fingerprint density at radius 2 is 1.26 bits per heavy atom. The summed E-state index contributed by atoms with van der Waals surface area (Å²) in [5.41, 5.74) is 0.412. The third-order valence-corrected chi connectivity index (χ3v) is 6.58. The standard InChI is InChI=1S/C17H32BrN/c1-17(2,13-18)14-19(15-9-5-3-6-10-15)16-11-7-4-8-12-16/h15-16H,3-14H2,1-2H3. The van der Waals surface area contributed by atoms with Gasteiger partial charge in [0, 0.05) is 24.0 Å². The molecule has 0 atom stereocenters. The van der Waals surface area contributed by atoms with Gasteiger partial charge in [0.15, 0.2) is 0 Å². The van der Waals surface area contributed by atoms with Crippen molar-refractivity contribution >= 4 is 15.9 Å². The summed E-state index contributed by atoms with van der Waals surface area (Å²) in [6, 6.07) is 1.77. The van der Waals surface area contributed by atoms with E-state index in [2.05, 4.69) is 34.7 Å². The summed E-state index contributed by atoms with van der Waals surface area (Å²) in [5.74, 6) is 0. The minimum absolute atomic E-state index is 0.412. The summed E-state index contributed by atoms with van der Waals surface area (Å²) < 4.78 is 0. The number of halogens is 1. The van der Waals surface area contributed by atoms with Crippen molar-refractivity contribution in [1.82, 2.24) is 4.90 Å². The van der Waals surface area contributed by atoms with Crippen LogP contribution in [0.3, 0.4) is 0 Å². The third kappa shape index (κ3) is 4.74. The van der Waals surface area contributed by atoms with Crippen LogP contribution < -0.4 is 0 Å². The molecule has 0 aliphatic heterocycles. The number of alkyl halides is 1. The highest BCUT2D eigenvalue weighted by atomic mass is 79.9. The van der Waals surface area contributed by atoms with Crippen LogP contribution in [0.4, 0.5) is 0 Å². The van der Waals surface area contributed by atoms with Crippen molar-refractivity contribution in [2.75, 3.05) is 11.9 Å². The molecule has 0 unspecified atom stereocenters. The van der Waals surface area contributed by atoms with Gasteiger partial charge >= 0.3 is 0 Å². The highest BCUT2D eigenvalue weighted by molar-refractivity contribution is 9.09. The molecule has 0 aromatic rings. The Morgan fingerprint density at radius 1 is 0.842 bits per heavy atom. The normalized spacial score (nSPS) is 24.0. The van der Waals surface area contributed by atoms with Gasteiger partial charge in [0.1, 0.15) is 0 Å². The molecule has 2 aliphatic carbocycles. The average molecular weight is 330 g/mol. The Labute approximate surface area is 128 Å². The molecule has 0 spiro atoms. The fourth-order valence-electron chi connectivity index (χ4n) is 3.92. The molecule has 2 saturated carbocycles. The fourth-order valence-corrected chi connectivity index (χ4v) is 4.10. The lowest BCUT2D eigenvalue weighted by Crippen LogP contribution is -2.49. The first-order chi connectivity index (χ1) is 9.12. The van der Waals surface area contributed by atoms with Crippen molar-refractivity contribution in [3.63, 3.8) is 0 Å². The molecule has 0 amide bonds. The molecule has 0 aromatic heterocycles. The van der Waals surface area contributed by atoms with Gasteiger partial charge in [0.25, 0.3) is 0 Å². The van der Waals surface area contributed by atoms with Crippen LogP contribution in [-0.4, -0.2) is 28.9 Å². The van der Waals surface area contributed by atoms with Crippen molar-refractivity contribution in [1.29, 1.82) is 0 Å². The minimum atomic E-state index is 0.412. The molecule has 2 aliphatic rings. The molecular weight excluding hydrogens is 298 g/mol. The SMILES string of the molecule is CC(C)(CBr)CN(C1CCCCC1)C1CCCCC1. The van der Waals surface area contributed by atoms with E-state index in [4.69, 9.17) is 0 Å². The van der Waals surface area contributed by atoms with Crippen molar-refractivity contribution in [3.05, 3.63) is 0 Å². The van der Waals surface area contributed by atoms with Crippen LogP contribution in [0, 0.1) is 5.41 Å². The molecule has 2 fully saturated rings. The molecule has 19 heavy (non-hydrogen) atoms. The van der Waals surface area contributed by atoms with E-state index in [9.17, 15) is 0 Å². The van der Waals surface area contributed by atoms with E-state index in [1.807, 2.05) is 0 Å². The van der Waals surface area contributed by atoms with Gasteiger partial charge in [-0.1, -0.05) is 68.3 Å². The number of nitrogens with zero attached hydrogens (tertiary/aromatic N) is 1. The van der Waals surface area contributed by atoms with Crippen LogP contribution >= 0.6 is 15.9 Å². The predicted molar refractivity (Wildman–Crippen MR) is 88.0 cm³/mol. The van der Waals surface area contributed by atoms with Gasteiger partial charge in [0.05, 0.1) is 0 Å². The lowest BCUT2D eigenvalue weighted by atomic mass is 9.85. The first-order valence-corrected chi connectivity index (χ1v) is 9.56. The lowest BCUT2D eigenvalue weighted by molar-refractivity contribution is 0.0503. The van der Waals surface area contributed by atoms with E-state index in [-0.39, 0.29) is 0 Å². The summed E-state index contributed by atoms with van der Waals surface area (Å²) in [5, 5.41) is 1.12. The molecule has 0 bridgehead atoms. The van der Waals surface area contributed by atoms with Gasteiger partial charge in [-0.3, -0.25) is 4.90 Å². The van der Waals surface area contributed by atoms with Crippen molar-refractivity contribution in [3.8, 4) is 0 Å². The zero-order valence-corrected chi connectivity index (χ0v) is 14.6. The summed E-state index contributed by atoms with van der Waals surface area (Å²) in [7, 11) is 0. The third-order valence-electron chi connectivity index (χ3n) is 5.06. The number of hydrogen-bond acceptors (Lipinski definition) is 1. The number of hydrogen-bond donors (Lipinski definition) is 0. The van der Waals surface area contributed by atoms with Crippen LogP contribution in [0.2, 0.25) is 0 Å². The van der Waals surface area contributed by atoms with Crippen molar-refractivity contribution in [2.24, 2.45) is 5.41 Å². The second-order valence-electron chi connectivity index (χ2n) is 7.55. The van der Waals surface area contributed by atoms with Crippen LogP contribution in [0.5, 0.6) is 0 Å². The zero-order valence-electron chi connectivity index (χ0n) is 13.0. The lowest BCUT2D eigenvalue weighted by Gasteiger charge is -2.45. The van der Waals surface area contributed by atoms with Crippen LogP contribution in [0.1, 0.15) is 78.1 Å². The fraction of sp³-hybridized carbons (Fsp3) is 1.00. The summed E-state index contributed by atoms with van der Waals surface area (Å²) in [6.07, 6.45) is 14.6. The maximum atomic E-state index is 3.72. The smallest absolute Gasteiger partial charge is 0.00984 e. The minimum Gasteiger partial charge on any atom is -0.297 e. The molecule has 2 heteroatoms. The van der Waals surface area contributed by atoms with E-state index in [0.29, 0.717) is 5.41 Å². The number of rotatable bonds is 5. The molecule has 0 aromatic carbocycles. The second kappa shape index (κ2) is 7.45. The molecule has 2 rings (SSSR count). The topological polar surface area (TPSA) is 3.24 Å². The quantitative estimate of drug-likeness (QED) is 0.612. The van der Waals surface area contributed by atoms with E-state index < -0.39 is 0 Å². The molecule has 0 radical (unpaired) electrons. The Kier molecular flexibility index (Phi) is 6.20. The largest absolute Gasteiger partial charge is 0.297 e. The van der Waals surface area contributed by atoms with E-state index in [0.717, 1.165) is 17.4 Å². The van der Waals surface area contributed by atoms with E-state index in [1.54, 1.807) is 0 Å². The Bertz CT molecular complexity index is 234. The maximum Gasteiger partial charge on any atom is 0.00984 e. The van der Waals surface area contributed by atoms with Gasteiger partial charge in [0.2, 0.25) is 0 Å². The molecular formula is C17H32BrN. The zero-order chi connectivity index (χ0) is 13.7. The van der Waals surface area contributed by atoms with Gasteiger partial charge in [-0.25, -0.2) is 0 Å². The summed E-state index contributed by atoms with van der Waals surface area (Å²) in [6.45, 7) is 6.12. The van der Waals surface area contributed by atoms with Crippen molar-refractivity contribution in [2.45, 2.75) is 90.1 Å². The second-order valence-corrected chi connectivity index (χ2v) is 8.11. The highest BCUT2D eigenvalue weighted by Crippen LogP contribution is 2.33. The van der Waals surface area contributed by atoms with Gasteiger partial charge < -0.3 is 0 Å². The Balaban J connectivity index is 2.02. The van der Waals surface area contributed by atoms with E-state index >= 15 is 0 Å². The van der Waals surface area contributed by atoms with Gasteiger partial charge in [-0.05, 0) is 31.1 Å². The molecule has 0 N–H and O–H groups in total. The summed E-state index contributed by atoms with van der Waals surface area (Å²) in [4.78, 5) is 2.93. The van der Waals surface area contributed by atoms with Crippen LogP contribution in [0.25, 0.3) is 0 Å². The Morgan fingerprint density at radius 3 is 1.63 bits per heavy atom.